The molecule has 0 aliphatic heterocycles. The number of carboxylic acids is 1. The minimum absolute atomic E-state index is 0.0252. The van der Waals surface area contributed by atoms with Gasteiger partial charge >= 0.3 is 5.97 Å². The molecule has 0 unspecified atom stereocenters. The molecule has 19 heavy (non-hydrogen) atoms. The van der Waals surface area contributed by atoms with E-state index in [9.17, 15) is 14.9 Å². The van der Waals surface area contributed by atoms with Crippen LogP contribution in [0.3, 0.4) is 0 Å². The SMILES string of the molecule is O=C(O)c1cccc([N+](=O)[O-])c1SCC1CCCC1. The van der Waals surface area contributed by atoms with Crippen molar-refractivity contribution in [3.8, 4) is 0 Å². The fourth-order valence-electron chi connectivity index (χ4n) is 2.37. The fraction of sp³-hybridized carbons (Fsp3) is 0.462. The third kappa shape index (κ3) is 3.26. The number of thioether (sulfide) groups is 1. The van der Waals surface area contributed by atoms with Gasteiger partial charge in [-0.25, -0.2) is 4.79 Å². The van der Waals surface area contributed by atoms with Crippen molar-refractivity contribution in [2.45, 2.75) is 30.6 Å². The van der Waals surface area contributed by atoms with Gasteiger partial charge in [0.2, 0.25) is 0 Å². The van der Waals surface area contributed by atoms with Crippen molar-refractivity contribution in [2.75, 3.05) is 5.75 Å². The maximum absolute atomic E-state index is 11.2. The van der Waals surface area contributed by atoms with Gasteiger partial charge in [-0.15, -0.1) is 11.8 Å². The first kappa shape index (κ1) is 13.9. The number of hydrogen-bond acceptors (Lipinski definition) is 4. The molecule has 0 atom stereocenters. The summed E-state index contributed by atoms with van der Waals surface area (Å²) >= 11 is 1.31. The highest BCUT2D eigenvalue weighted by atomic mass is 32.2. The van der Waals surface area contributed by atoms with Gasteiger partial charge in [0, 0.05) is 11.8 Å². The predicted octanol–water partition coefficient (Wildman–Crippen LogP) is 3.58. The number of nitro groups is 1. The van der Waals surface area contributed by atoms with Crippen molar-refractivity contribution in [3.63, 3.8) is 0 Å². The maximum Gasteiger partial charge on any atom is 0.337 e. The predicted molar refractivity (Wildman–Crippen MR) is 72.7 cm³/mol. The van der Waals surface area contributed by atoms with E-state index in [1.54, 1.807) is 0 Å². The Morgan fingerprint density at radius 2 is 2.11 bits per heavy atom. The summed E-state index contributed by atoms with van der Waals surface area (Å²) in [5, 5.41) is 20.1. The molecule has 0 bridgehead atoms. The van der Waals surface area contributed by atoms with Crippen LogP contribution in [0.5, 0.6) is 0 Å². The van der Waals surface area contributed by atoms with Crippen molar-refractivity contribution in [1.29, 1.82) is 0 Å². The van der Waals surface area contributed by atoms with Gasteiger partial charge in [0.15, 0.2) is 0 Å². The van der Waals surface area contributed by atoms with Crippen molar-refractivity contribution in [2.24, 2.45) is 5.92 Å². The molecule has 0 saturated heterocycles. The molecule has 0 amide bonds. The average Bonchev–Trinajstić information content (AvgIpc) is 2.88. The zero-order valence-electron chi connectivity index (χ0n) is 10.4. The first-order chi connectivity index (χ1) is 9.09. The minimum Gasteiger partial charge on any atom is -0.478 e. The lowest BCUT2D eigenvalue weighted by atomic mass is 10.1. The van der Waals surface area contributed by atoms with E-state index in [-0.39, 0.29) is 16.1 Å². The van der Waals surface area contributed by atoms with Gasteiger partial charge in [0.1, 0.15) is 0 Å². The first-order valence-electron chi connectivity index (χ1n) is 6.23. The molecule has 1 aliphatic carbocycles. The van der Waals surface area contributed by atoms with Crippen LogP contribution >= 0.6 is 11.8 Å². The second-order valence-electron chi connectivity index (χ2n) is 4.68. The van der Waals surface area contributed by atoms with Crippen LogP contribution in [0.15, 0.2) is 23.1 Å². The number of benzene rings is 1. The van der Waals surface area contributed by atoms with Crippen molar-refractivity contribution in [3.05, 3.63) is 33.9 Å². The number of rotatable bonds is 5. The Hall–Kier alpha value is -1.56. The minimum atomic E-state index is -1.11. The van der Waals surface area contributed by atoms with Crippen LogP contribution in [0, 0.1) is 16.0 Å². The Morgan fingerprint density at radius 3 is 2.68 bits per heavy atom. The third-order valence-electron chi connectivity index (χ3n) is 3.36. The highest BCUT2D eigenvalue weighted by molar-refractivity contribution is 7.99. The number of carbonyl (C=O) groups is 1. The number of aromatic carboxylic acids is 1. The summed E-state index contributed by atoms with van der Waals surface area (Å²) in [6.07, 6.45) is 4.67. The zero-order chi connectivity index (χ0) is 13.8. The Morgan fingerprint density at radius 1 is 1.42 bits per heavy atom. The van der Waals surface area contributed by atoms with E-state index in [4.69, 9.17) is 5.11 Å². The Balaban J connectivity index is 2.23. The molecule has 0 spiro atoms. The highest BCUT2D eigenvalue weighted by Crippen LogP contribution is 2.37. The number of nitro benzene ring substituents is 1. The summed E-state index contributed by atoms with van der Waals surface area (Å²) in [7, 11) is 0. The van der Waals surface area contributed by atoms with Crippen LogP contribution < -0.4 is 0 Å². The van der Waals surface area contributed by atoms with Gasteiger partial charge in [-0.3, -0.25) is 10.1 Å². The molecule has 5 nitrogen and oxygen atoms in total. The highest BCUT2D eigenvalue weighted by Gasteiger charge is 2.23. The summed E-state index contributed by atoms with van der Waals surface area (Å²) in [4.78, 5) is 21.9. The summed E-state index contributed by atoms with van der Waals surface area (Å²) in [5.74, 6) is 0.189. The smallest absolute Gasteiger partial charge is 0.337 e. The monoisotopic (exact) mass is 281 g/mol. The van der Waals surface area contributed by atoms with E-state index >= 15 is 0 Å². The van der Waals surface area contributed by atoms with Crippen LogP contribution in [0.2, 0.25) is 0 Å². The van der Waals surface area contributed by atoms with Crippen LogP contribution in [-0.4, -0.2) is 21.8 Å². The van der Waals surface area contributed by atoms with Crippen LogP contribution in [0.4, 0.5) is 5.69 Å². The molecule has 1 aromatic rings. The van der Waals surface area contributed by atoms with E-state index in [1.165, 1.54) is 42.8 Å². The van der Waals surface area contributed by atoms with Crippen molar-refractivity contribution < 1.29 is 14.8 Å². The Labute approximate surface area is 115 Å². The molecule has 1 saturated carbocycles. The van der Waals surface area contributed by atoms with Gasteiger partial charge in [-0.2, -0.15) is 0 Å². The third-order valence-corrected chi connectivity index (χ3v) is 4.72. The first-order valence-corrected chi connectivity index (χ1v) is 7.21. The van der Waals surface area contributed by atoms with E-state index < -0.39 is 10.9 Å². The van der Waals surface area contributed by atoms with Gasteiger partial charge in [-0.05, 0) is 24.8 Å². The van der Waals surface area contributed by atoms with Gasteiger partial charge < -0.3 is 5.11 Å². The molecule has 1 aliphatic rings. The quantitative estimate of drug-likeness (QED) is 0.507. The maximum atomic E-state index is 11.2. The lowest BCUT2D eigenvalue weighted by Crippen LogP contribution is -2.04. The summed E-state index contributed by atoms with van der Waals surface area (Å²) < 4.78 is 0. The van der Waals surface area contributed by atoms with Crippen LogP contribution in [0.1, 0.15) is 36.0 Å². The standard InChI is InChI=1S/C13H15NO4S/c15-13(16)10-6-3-7-11(14(17)18)12(10)19-8-9-4-1-2-5-9/h3,6-7,9H,1-2,4-5,8H2,(H,15,16). The molecule has 102 valence electrons. The summed E-state index contributed by atoms with van der Waals surface area (Å²) in [5.41, 5.74) is -0.0832. The van der Waals surface area contributed by atoms with E-state index in [2.05, 4.69) is 0 Å². The normalized spacial score (nSPS) is 15.6. The second kappa shape index (κ2) is 6.06. The second-order valence-corrected chi connectivity index (χ2v) is 5.71. The van der Waals surface area contributed by atoms with Gasteiger partial charge in [-0.1, -0.05) is 18.9 Å². The molecule has 0 heterocycles. The summed E-state index contributed by atoms with van der Waals surface area (Å²) in [6, 6.07) is 4.21. The molecule has 0 radical (unpaired) electrons. The largest absolute Gasteiger partial charge is 0.478 e. The molecule has 6 heteroatoms. The van der Waals surface area contributed by atoms with Crippen molar-refractivity contribution >= 4 is 23.4 Å². The molecule has 1 aromatic carbocycles. The van der Waals surface area contributed by atoms with Gasteiger partial charge in [0.25, 0.3) is 5.69 Å². The molecule has 0 aromatic heterocycles. The Bertz CT molecular complexity index is 465. The van der Waals surface area contributed by atoms with E-state index in [1.807, 2.05) is 0 Å². The fourth-order valence-corrected chi connectivity index (χ4v) is 3.70. The molecular weight excluding hydrogens is 266 g/mol. The summed E-state index contributed by atoms with van der Waals surface area (Å²) in [6.45, 7) is 0. The van der Waals surface area contributed by atoms with Gasteiger partial charge in [0.05, 0.1) is 15.4 Å². The Kier molecular flexibility index (Phi) is 4.42. The molecule has 1 N–H and O–H groups in total. The van der Waals surface area contributed by atoms with E-state index in [0.29, 0.717) is 5.92 Å². The lowest BCUT2D eigenvalue weighted by molar-refractivity contribution is -0.387. The zero-order valence-corrected chi connectivity index (χ0v) is 11.2. The molecule has 2 rings (SSSR count). The number of carboxylic acid groups (broad SMARTS) is 1. The van der Waals surface area contributed by atoms with Crippen molar-refractivity contribution in [1.82, 2.24) is 0 Å². The molecular formula is C13H15NO4S. The lowest BCUT2D eigenvalue weighted by Gasteiger charge is -2.10. The van der Waals surface area contributed by atoms with E-state index in [0.717, 1.165) is 18.6 Å². The number of hydrogen-bond donors (Lipinski definition) is 1. The van der Waals surface area contributed by atoms with Crippen LogP contribution in [0.25, 0.3) is 0 Å². The molecule has 1 fully saturated rings. The topological polar surface area (TPSA) is 80.4 Å². The average molecular weight is 281 g/mol. The number of nitrogens with zero attached hydrogens (tertiary/aromatic N) is 1. The van der Waals surface area contributed by atoms with Crippen LogP contribution in [-0.2, 0) is 0 Å².